The topological polar surface area (TPSA) is 134 Å². The van der Waals surface area contributed by atoms with Gasteiger partial charge in [-0.25, -0.2) is 4.79 Å². The van der Waals surface area contributed by atoms with Crippen LogP contribution in [0.4, 0.5) is 5.69 Å². The zero-order chi connectivity index (χ0) is 26.5. The van der Waals surface area contributed by atoms with Crippen molar-refractivity contribution in [1.29, 1.82) is 0 Å². The maximum absolute atomic E-state index is 12.4. The van der Waals surface area contributed by atoms with Gasteiger partial charge in [0.1, 0.15) is 11.5 Å². The van der Waals surface area contributed by atoms with Gasteiger partial charge in [0.2, 0.25) is 0 Å². The van der Waals surface area contributed by atoms with Crippen LogP contribution in [-0.2, 0) is 12.8 Å². The highest BCUT2D eigenvalue weighted by molar-refractivity contribution is 6.03. The normalized spacial score (nSPS) is 14.6. The summed E-state index contributed by atoms with van der Waals surface area (Å²) in [5.74, 6) is -0.685. The second-order valence-electron chi connectivity index (χ2n) is 9.17. The molecule has 5 rings (SSSR count). The average Bonchev–Trinajstić information content (AvgIpc) is 3.47. The van der Waals surface area contributed by atoms with Crippen LogP contribution < -0.4 is 15.4 Å². The summed E-state index contributed by atoms with van der Waals surface area (Å²) in [5.41, 5.74) is 3.38. The number of fused-ring (bicyclic) bond motifs is 1. The third kappa shape index (κ3) is 7.61. The van der Waals surface area contributed by atoms with Crippen LogP contribution in [0.3, 0.4) is 0 Å². The summed E-state index contributed by atoms with van der Waals surface area (Å²) >= 11 is 0. The Balaban J connectivity index is 0.00000220. The minimum atomic E-state index is -1.14. The number of aliphatic hydroxyl groups is 1. The van der Waals surface area contributed by atoms with Crippen molar-refractivity contribution < 1.29 is 29.0 Å². The number of aliphatic hydroxyl groups excluding tert-OH is 1. The molecule has 0 radical (unpaired) electrons. The number of benzene rings is 2. The minimum absolute atomic E-state index is 0. The van der Waals surface area contributed by atoms with Gasteiger partial charge in [0.15, 0.2) is 5.76 Å². The van der Waals surface area contributed by atoms with Crippen molar-refractivity contribution in [3.63, 3.8) is 0 Å². The molecule has 1 aliphatic rings. The van der Waals surface area contributed by atoms with Gasteiger partial charge in [-0.05, 0) is 72.9 Å². The van der Waals surface area contributed by atoms with Crippen molar-refractivity contribution in [3.05, 3.63) is 107 Å². The van der Waals surface area contributed by atoms with Crippen LogP contribution in [0.15, 0.2) is 83.7 Å². The number of furan rings is 1. The van der Waals surface area contributed by atoms with Gasteiger partial charge in [-0.3, -0.25) is 9.78 Å². The van der Waals surface area contributed by atoms with E-state index < -0.39 is 18.0 Å². The second-order valence-corrected chi connectivity index (χ2v) is 9.17. The molecule has 0 bridgehead atoms. The van der Waals surface area contributed by atoms with Crippen LogP contribution in [0, 0.1) is 0 Å². The highest BCUT2D eigenvalue weighted by Crippen LogP contribution is 2.31. The smallest absolute Gasteiger partial charge is 0.335 e. The van der Waals surface area contributed by atoms with E-state index >= 15 is 0 Å². The number of rotatable bonds is 9. The van der Waals surface area contributed by atoms with Gasteiger partial charge in [-0.15, -0.1) is 24.8 Å². The van der Waals surface area contributed by atoms with E-state index in [0.717, 1.165) is 30.4 Å². The molecule has 0 unspecified atom stereocenters. The van der Waals surface area contributed by atoms with Crippen molar-refractivity contribution in [3.8, 4) is 11.5 Å². The van der Waals surface area contributed by atoms with E-state index in [1.807, 2.05) is 24.3 Å². The lowest BCUT2D eigenvalue weighted by Gasteiger charge is -2.27. The van der Waals surface area contributed by atoms with E-state index in [-0.39, 0.29) is 53.6 Å². The molecule has 2 heterocycles. The number of carbonyl (C=O) groups is 2. The standard InChI is InChI=1S/C29H27N3O6.2ClH/c33-26(19-3-1-9-30-16-19)17-31-22-7-5-18-6-8-24(13-20(18)11-22)38-25-14-21(29(35)36)12-23(15-25)32-28(34)27-4-2-10-37-27;;/h1-4,6,8-10,12-16,22,26,31,33H,5,7,11,17H2,(H,32,34)(H,35,36);2*1H/t22-,26-;;/m0../s1. The molecule has 0 aliphatic heterocycles. The largest absolute Gasteiger partial charge is 0.478 e. The van der Waals surface area contributed by atoms with E-state index in [1.54, 1.807) is 30.6 Å². The van der Waals surface area contributed by atoms with Crippen molar-refractivity contribution in [2.45, 2.75) is 31.4 Å². The Labute approximate surface area is 243 Å². The Hall–Kier alpha value is -3.89. The molecule has 11 heteroatoms. The van der Waals surface area contributed by atoms with Crippen LogP contribution >= 0.6 is 24.8 Å². The minimum Gasteiger partial charge on any atom is -0.478 e. The zero-order valence-electron chi connectivity index (χ0n) is 21.3. The number of pyridine rings is 1. The van der Waals surface area contributed by atoms with Crippen molar-refractivity contribution in [2.24, 2.45) is 0 Å². The van der Waals surface area contributed by atoms with Crippen LogP contribution in [0.5, 0.6) is 11.5 Å². The highest BCUT2D eigenvalue weighted by Gasteiger charge is 2.21. The van der Waals surface area contributed by atoms with E-state index in [2.05, 4.69) is 15.6 Å². The second kappa shape index (κ2) is 14.0. The predicted molar refractivity (Wildman–Crippen MR) is 154 cm³/mol. The Morgan fingerprint density at radius 2 is 1.90 bits per heavy atom. The number of nitrogens with one attached hydrogen (secondary N) is 2. The summed E-state index contributed by atoms with van der Waals surface area (Å²) in [4.78, 5) is 28.1. The summed E-state index contributed by atoms with van der Waals surface area (Å²) in [6.45, 7) is 0.427. The number of carbonyl (C=O) groups excluding carboxylic acids is 1. The highest BCUT2D eigenvalue weighted by atomic mass is 35.5. The third-order valence-corrected chi connectivity index (χ3v) is 6.47. The first-order valence-electron chi connectivity index (χ1n) is 12.3. The molecule has 4 N–H and O–H groups in total. The van der Waals surface area contributed by atoms with Gasteiger partial charge in [0, 0.05) is 42.3 Å². The summed E-state index contributed by atoms with van der Waals surface area (Å²) in [6.07, 6.45) is 6.71. The molecule has 0 fully saturated rings. The number of aryl methyl sites for hydroxylation is 1. The number of hydrogen-bond acceptors (Lipinski definition) is 7. The molecular formula is C29H29Cl2N3O6. The number of carboxylic acid groups (broad SMARTS) is 1. The number of amides is 1. The first kappa shape index (κ1) is 30.6. The van der Waals surface area contributed by atoms with Gasteiger partial charge < -0.3 is 30.0 Å². The Bertz CT molecular complexity index is 1430. The number of halogens is 2. The van der Waals surface area contributed by atoms with Crippen molar-refractivity contribution in [1.82, 2.24) is 10.3 Å². The number of anilines is 1. The van der Waals surface area contributed by atoms with Gasteiger partial charge in [0.05, 0.1) is 17.9 Å². The zero-order valence-corrected chi connectivity index (χ0v) is 22.9. The number of aromatic carboxylic acids is 1. The monoisotopic (exact) mass is 585 g/mol. The van der Waals surface area contributed by atoms with E-state index in [1.165, 1.54) is 30.0 Å². The quantitative estimate of drug-likeness (QED) is 0.204. The van der Waals surface area contributed by atoms with Gasteiger partial charge >= 0.3 is 5.97 Å². The fourth-order valence-electron chi connectivity index (χ4n) is 4.53. The average molecular weight is 586 g/mol. The lowest BCUT2D eigenvalue weighted by atomic mass is 9.88. The maximum atomic E-state index is 12.4. The lowest BCUT2D eigenvalue weighted by Crippen LogP contribution is -2.37. The molecule has 4 aromatic rings. The molecule has 9 nitrogen and oxygen atoms in total. The first-order valence-corrected chi connectivity index (χ1v) is 12.3. The number of ether oxygens (including phenoxy) is 1. The Morgan fingerprint density at radius 3 is 2.62 bits per heavy atom. The van der Waals surface area contributed by atoms with Gasteiger partial charge in [-0.1, -0.05) is 12.1 Å². The Morgan fingerprint density at radius 1 is 1.05 bits per heavy atom. The van der Waals surface area contributed by atoms with Gasteiger partial charge in [-0.2, -0.15) is 0 Å². The number of aromatic nitrogens is 1. The van der Waals surface area contributed by atoms with E-state index in [0.29, 0.717) is 12.3 Å². The number of carboxylic acids is 1. The molecule has 0 saturated heterocycles. The van der Waals surface area contributed by atoms with Gasteiger partial charge in [0.25, 0.3) is 5.91 Å². The third-order valence-electron chi connectivity index (χ3n) is 6.47. The molecule has 210 valence electrons. The van der Waals surface area contributed by atoms with Crippen LogP contribution in [0.1, 0.15) is 50.1 Å². The first-order chi connectivity index (χ1) is 18.4. The molecule has 0 saturated carbocycles. The SMILES string of the molecule is Cl.Cl.O=C(O)c1cc(NC(=O)c2ccco2)cc(Oc2ccc3c(c2)C[C@@H](NC[C@H](O)c2cccnc2)CC3)c1. The fraction of sp³-hybridized carbons (Fsp3) is 0.207. The number of nitrogens with zero attached hydrogens (tertiary/aromatic N) is 1. The van der Waals surface area contributed by atoms with Crippen molar-refractivity contribution >= 4 is 42.4 Å². The molecular weight excluding hydrogens is 557 g/mol. The summed E-state index contributed by atoms with van der Waals surface area (Å²) < 4.78 is 11.1. The molecule has 1 amide bonds. The van der Waals surface area contributed by atoms with Crippen LogP contribution in [0.2, 0.25) is 0 Å². The molecule has 2 aromatic carbocycles. The summed E-state index contributed by atoms with van der Waals surface area (Å²) in [7, 11) is 0. The molecule has 40 heavy (non-hydrogen) atoms. The molecule has 2 aromatic heterocycles. The molecule has 0 spiro atoms. The molecule has 1 aliphatic carbocycles. The Kier molecular flexibility index (Phi) is 10.7. The van der Waals surface area contributed by atoms with Crippen LogP contribution in [-0.4, -0.2) is 39.7 Å². The molecule has 2 atom stereocenters. The number of hydrogen-bond donors (Lipinski definition) is 4. The summed E-state index contributed by atoms with van der Waals surface area (Å²) in [5, 5.41) is 26.1. The van der Waals surface area contributed by atoms with E-state index in [9.17, 15) is 19.8 Å². The summed E-state index contributed by atoms with van der Waals surface area (Å²) in [6, 6.07) is 17.1. The van der Waals surface area contributed by atoms with Crippen molar-refractivity contribution in [2.75, 3.05) is 11.9 Å². The lowest BCUT2D eigenvalue weighted by molar-refractivity contribution is 0.0696. The fourth-order valence-corrected chi connectivity index (χ4v) is 4.53. The van der Waals surface area contributed by atoms with E-state index in [4.69, 9.17) is 9.15 Å². The predicted octanol–water partition coefficient (Wildman–Crippen LogP) is 5.44. The maximum Gasteiger partial charge on any atom is 0.335 e. The van der Waals surface area contributed by atoms with Crippen LogP contribution in [0.25, 0.3) is 0 Å².